The minimum atomic E-state index is -3.71. The van der Waals surface area contributed by atoms with Crippen LogP contribution in [0.1, 0.15) is 33.1 Å². The van der Waals surface area contributed by atoms with Gasteiger partial charge in [-0.2, -0.15) is 4.31 Å². The second kappa shape index (κ2) is 8.38. The molecule has 1 aromatic carbocycles. The van der Waals surface area contributed by atoms with Crippen molar-refractivity contribution in [2.75, 3.05) is 20.2 Å². The van der Waals surface area contributed by atoms with Crippen molar-refractivity contribution in [1.82, 2.24) is 9.62 Å². The van der Waals surface area contributed by atoms with Gasteiger partial charge in [0.1, 0.15) is 10.6 Å². The summed E-state index contributed by atoms with van der Waals surface area (Å²) in [5, 5.41) is 3.30. The van der Waals surface area contributed by atoms with Crippen LogP contribution in [-0.4, -0.2) is 44.9 Å². The molecule has 0 aromatic heterocycles. The molecule has 140 valence electrons. The summed E-state index contributed by atoms with van der Waals surface area (Å²) in [5.41, 5.74) is 0. The molecule has 8 heteroatoms. The van der Waals surface area contributed by atoms with Gasteiger partial charge in [0, 0.05) is 30.1 Å². The molecule has 0 aliphatic carbocycles. The highest BCUT2D eigenvalue weighted by atomic mass is 35.5. The van der Waals surface area contributed by atoms with Gasteiger partial charge in [0.2, 0.25) is 15.9 Å². The van der Waals surface area contributed by atoms with Gasteiger partial charge in [-0.25, -0.2) is 8.42 Å². The van der Waals surface area contributed by atoms with Gasteiger partial charge in [-0.1, -0.05) is 18.5 Å². The highest BCUT2D eigenvalue weighted by Crippen LogP contribution is 2.31. The van der Waals surface area contributed by atoms with Gasteiger partial charge in [0.25, 0.3) is 0 Å². The number of nitrogens with zero attached hydrogens (tertiary/aromatic N) is 1. The molecule has 0 bridgehead atoms. The molecule has 0 saturated carbocycles. The fourth-order valence-electron chi connectivity index (χ4n) is 2.81. The predicted octanol–water partition coefficient (Wildman–Crippen LogP) is 2.66. The summed E-state index contributed by atoms with van der Waals surface area (Å²) in [5.74, 6) is 0.120. The van der Waals surface area contributed by atoms with E-state index in [1.807, 2.05) is 13.8 Å². The normalized spacial score (nSPS) is 17.9. The van der Waals surface area contributed by atoms with Gasteiger partial charge in [-0.3, -0.25) is 4.79 Å². The lowest BCUT2D eigenvalue weighted by Gasteiger charge is -2.31. The van der Waals surface area contributed by atoms with Gasteiger partial charge in [0.05, 0.1) is 7.11 Å². The Morgan fingerprint density at radius 3 is 2.60 bits per heavy atom. The summed E-state index contributed by atoms with van der Waals surface area (Å²) >= 11 is 5.95. The number of rotatable bonds is 6. The Hall–Kier alpha value is -1.31. The Morgan fingerprint density at radius 2 is 2.04 bits per heavy atom. The summed E-state index contributed by atoms with van der Waals surface area (Å²) in [4.78, 5) is 12.3. The third-order valence-corrected chi connectivity index (χ3v) is 6.72. The van der Waals surface area contributed by atoms with E-state index in [1.54, 1.807) is 12.1 Å². The molecule has 1 heterocycles. The molecule has 0 spiro atoms. The first-order valence-electron chi connectivity index (χ1n) is 8.43. The van der Waals surface area contributed by atoms with Crippen LogP contribution in [-0.2, 0) is 14.8 Å². The van der Waals surface area contributed by atoms with Crippen molar-refractivity contribution < 1.29 is 17.9 Å². The van der Waals surface area contributed by atoms with Crippen LogP contribution >= 0.6 is 11.6 Å². The standard InChI is InChI=1S/C17H25ClN2O4S/c1-4-12(2)19-17(21)13-7-9-20(10-8-13)25(22,23)16-11-14(18)5-6-15(16)24-3/h5-6,11-13H,4,7-10H2,1-3H3,(H,19,21). The topological polar surface area (TPSA) is 75.7 Å². The maximum atomic E-state index is 12.9. The van der Waals surface area contributed by atoms with Gasteiger partial charge in [0.15, 0.2) is 0 Å². The number of ether oxygens (including phenoxy) is 1. The van der Waals surface area contributed by atoms with E-state index in [2.05, 4.69) is 5.32 Å². The smallest absolute Gasteiger partial charge is 0.246 e. The molecule has 1 aliphatic rings. The zero-order valence-electron chi connectivity index (χ0n) is 14.8. The number of amides is 1. The second-order valence-electron chi connectivity index (χ2n) is 6.29. The Balaban J connectivity index is 2.09. The second-order valence-corrected chi connectivity index (χ2v) is 8.63. The van der Waals surface area contributed by atoms with Crippen LogP contribution in [0.4, 0.5) is 0 Å². The number of sulfonamides is 1. The predicted molar refractivity (Wildman–Crippen MR) is 97.4 cm³/mol. The molecule has 1 atom stereocenters. The summed E-state index contributed by atoms with van der Waals surface area (Å²) < 4.78 is 32.4. The average molecular weight is 389 g/mol. The van der Waals surface area contributed by atoms with Crippen molar-refractivity contribution in [3.05, 3.63) is 23.2 Å². The molecule has 1 amide bonds. The molecular weight excluding hydrogens is 364 g/mol. The largest absolute Gasteiger partial charge is 0.495 e. The van der Waals surface area contributed by atoms with Gasteiger partial charge >= 0.3 is 0 Å². The molecular formula is C17H25ClN2O4S. The highest BCUT2D eigenvalue weighted by molar-refractivity contribution is 7.89. The minimum Gasteiger partial charge on any atom is -0.495 e. The van der Waals surface area contributed by atoms with Crippen molar-refractivity contribution in [2.45, 2.75) is 44.0 Å². The number of methoxy groups -OCH3 is 1. The lowest BCUT2D eigenvalue weighted by molar-refractivity contribution is -0.126. The molecule has 1 aromatic rings. The van der Waals surface area contributed by atoms with Crippen LogP contribution in [0.5, 0.6) is 5.75 Å². The lowest BCUT2D eigenvalue weighted by Crippen LogP contribution is -2.44. The van der Waals surface area contributed by atoms with Gasteiger partial charge in [-0.05, 0) is 44.4 Å². The maximum absolute atomic E-state index is 12.9. The van der Waals surface area contributed by atoms with Crippen molar-refractivity contribution in [3.63, 3.8) is 0 Å². The molecule has 1 aliphatic heterocycles. The molecule has 0 radical (unpaired) electrons. The van der Waals surface area contributed by atoms with Crippen molar-refractivity contribution in [2.24, 2.45) is 5.92 Å². The number of nitrogens with one attached hydrogen (secondary N) is 1. The maximum Gasteiger partial charge on any atom is 0.246 e. The average Bonchev–Trinajstić information content (AvgIpc) is 2.61. The van der Waals surface area contributed by atoms with E-state index < -0.39 is 10.0 Å². The van der Waals surface area contributed by atoms with Crippen LogP contribution in [0.3, 0.4) is 0 Å². The van der Waals surface area contributed by atoms with E-state index in [4.69, 9.17) is 16.3 Å². The Labute approximate surface area is 154 Å². The molecule has 1 unspecified atom stereocenters. The fraction of sp³-hybridized carbons (Fsp3) is 0.588. The van der Waals surface area contributed by atoms with Crippen LogP contribution in [0.2, 0.25) is 5.02 Å². The van der Waals surface area contributed by atoms with Crippen LogP contribution in [0.25, 0.3) is 0 Å². The number of benzene rings is 1. The number of carbonyl (C=O) groups excluding carboxylic acids is 1. The monoisotopic (exact) mass is 388 g/mol. The van der Waals surface area contributed by atoms with Gasteiger partial charge < -0.3 is 10.1 Å². The number of hydrogen-bond donors (Lipinski definition) is 1. The van der Waals surface area contributed by atoms with Crippen molar-refractivity contribution >= 4 is 27.5 Å². The van der Waals surface area contributed by atoms with E-state index in [0.717, 1.165) is 6.42 Å². The van der Waals surface area contributed by atoms with E-state index in [-0.39, 0.29) is 28.5 Å². The summed E-state index contributed by atoms with van der Waals surface area (Å²) in [7, 11) is -2.29. The third kappa shape index (κ3) is 4.65. The number of piperidine rings is 1. The first kappa shape index (κ1) is 20.0. The van der Waals surface area contributed by atoms with E-state index in [9.17, 15) is 13.2 Å². The molecule has 25 heavy (non-hydrogen) atoms. The number of hydrogen-bond acceptors (Lipinski definition) is 4. The van der Waals surface area contributed by atoms with Crippen molar-refractivity contribution in [1.29, 1.82) is 0 Å². The van der Waals surface area contributed by atoms with E-state index >= 15 is 0 Å². The fourth-order valence-corrected chi connectivity index (χ4v) is 4.70. The quantitative estimate of drug-likeness (QED) is 0.812. The van der Waals surface area contributed by atoms with Crippen molar-refractivity contribution in [3.8, 4) is 5.75 Å². The molecule has 6 nitrogen and oxygen atoms in total. The number of halogens is 1. The molecule has 2 rings (SSSR count). The molecule has 1 saturated heterocycles. The number of carbonyl (C=O) groups is 1. The first-order valence-corrected chi connectivity index (χ1v) is 10.3. The molecule has 1 N–H and O–H groups in total. The lowest BCUT2D eigenvalue weighted by atomic mass is 9.97. The summed E-state index contributed by atoms with van der Waals surface area (Å²) in [6.45, 7) is 4.58. The third-order valence-electron chi connectivity index (χ3n) is 4.57. The Morgan fingerprint density at radius 1 is 1.40 bits per heavy atom. The SMILES string of the molecule is CCC(C)NC(=O)C1CCN(S(=O)(=O)c2cc(Cl)ccc2OC)CC1. The Kier molecular flexibility index (Phi) is 6.71. The van der Waals surface area contributed by atoms with Gasteiger partial charge in [-0.15, -0.1) is 0 Å². The Bertz CT molecular complexity index is 715. The summed E-state index contributed by atoms with van der Waals surface area (Å²) in [6, 6.07) is 4.66. The van der Waals surface area contributed by atoms with Crippen LogP contribution < -0.4 is 10.1 Å². The van der Waals surface area contributed by atoms with E-state index in [1.165, 1.54) is 17.5 Å². The first-order chi connectivity index (χ1) is 11.8. The zero-order valence-corrected chi connectivity index (χ0v) is 16.4. The zero-order chi connectivity index (χ0) is 18.6. The van der Waals surface area contributed by atoms with Crippen LogP contribution in [0, 0.1) is 5.92 Å². The minimum absolute atomic E-state index is 0.00624. The molecule has 1 fully saturated rings. The highest BCUT2D eigenvalue weighted by Gasteiger charge is 2.34. The summed E-state index contributed by atoms with van der Waals surface area (Å²) in [6.07, 6.45) is 1.88. The van der Waals surface area contributed by atoms with E-state index in [0.29, 0.717) is 31.0 Å². The van der Waals surface area contributed by atoms with Crippen LogP contribution in [0.15, 0.2) is 23.1 Å².